The van der Waals surface area contributed by atoms with Crippen molar-refractivity contribution in [3.8, 4) is 11.1 Å². The van der Waals surface area contributed by atoms with E-state index in [2.05, 4.69) is 12.1 Å². The molecule has 0 aromatic heterocycles. The maximum Gasteiger partial charge on any atom is 0.184 e. The first-order valence-corrected chi connectivity index (χ1v) is 8.43. The van der Waals surface area contributed by atoms with Gasteiger partial charge in [0.2, 0.25) is 0 Å². The summed E-state index contributed by atoms with van der Waals surface area (Å²) in [4.78, 5) is 12.4. The van der Waals surface area contributed by atoms with Crippen LogP contribution in [0.2, 0.25) is 0 Å². The Labute approximate surface area is 144 Å². The van der Waals surface area contributed by atoms with Crippen LogP contribution in [-0.4, -0.2) is 5.78 Å². The fourth-order valence-corrected chi connectivity index (χ4v) is 3.99. The van der Waals surface area contributed by atoms with E-state index in [0.29, 0.717) is 5.56 Å². The molecule has 0 aliphatic heterocycles. The number of benzene rings is 4. The third-order valence-corrected chi connectivity index (χ3v) is 5.15. The average molecular weight is 326 g/mol. The van der Waals surface area contributed by atoms with Gasteiger partial charge >= 0.3 is 0 Å². The molecule has 1 atom stereocenters. The molecule has 4 aromatic carbocycles. The maximum absolute atomic E-state index is 15.0. The van der Waals surface area contributed by atoms with Crippen LogP contribution >= 0.6 is 0 Å². The molecule has 1 nitrogen and oxygen atoms in total. The number of rotatable bonds is 0. The molecular formula is C23H15FO. The number of hydrogen-bond acceptors (Lipinski definition) is 1. The van der Waals surface area contributed by atoms with Crippen molar-refractivity contribution in [2.24, 2.45) is 0 Å². The molecule has 120 valence electrons. The van der Waals surface area contributed by atoms with Crippen LogP contribution in [0.25, 0.3) is 32.7 Å². The van der Waals surface area contributed by atoms with Gasteiger partial charge in [-0.05, 0) is 38.2 Å². The van der Waals surface area contributed by atoms with Crippen molar-refractivity contribution < 1.29 is 9.18 Å². The van der Waals surface area contributed by atoms with Crippen molar-refractivity contribution >= 4 is 27.3 Å². The van der Waals surface area contributed by atoms with E-state index in [0.717, 1.165) is 38.2 Å². The summed E-state index contributed by atoms with van der Waals surface area (Å²) in [5, 5.41) is 4.22. The molecule has 1 aliphatic rings. The highest BCUT2D eigenvalue weighted by Crippen LogP contribution is 2.44. The highest BCUT2D eigenvalue weighted by molar-refractivity contribution is 6.11. The first-order chi connectivity index (χ1) is 12.2. The average Bonchev–Trinajstić information content (AvgIpc) is 2.77. The number of alkyl halides is 1. The molecule has 0 saturated heterocycles. The Morgan fingerprint density at radius 1 is 0.720 bits per heavy atom. The predicted molar refractivity (Wildman–Crippen MR) is 99.5 cm³/mol. The van der Waals surface area contributed by atoms with Gasteiger partial charge in [-0.15, -0.1) is 0 Å². The van der Waals surface area contributed by atoms with Crippen molar-refractivity contribution in [3.63, 3.8) is 0 Å². The molecule has 25 heavy (non-hydrogen) atoms. The minimum atomic E-state index is -1.58. The largest absolute Gasteiger partial charge is 0.296 e. The van der Waals surface area contributed by atoms with E-state index in [1.807, 2.05) is 54.6 Å². The molecule has 0 unspecified atom stereocenters. The van der Waals surface area contributed by atoms with Crippen molar-refractivity contribution in [2.75, 3.05) is 0 Å². The van der Waals surface area contributed by atoms with Gasteiger partial charge in [0.1, 0.15) is 0 Å². The predicted octanol–water partition coefficient (Wildman–Crippen LogP) is 5.80. The second-order valence-electron chi connectivity index (χ2n) is 6.58. The Kier molecular flexibility index (Phi) is 3.01. The Hall–Kier alpha value is -3.00. The van der Waals surface area contributed by atoms with Crippen molar-refractivity contribution in [1.82, 2.24) is 0 Å². The SMILES string of the molecule is O=C1Cc2ccc3ccccc3c2-c2c(ccc3ccccc23)[C@H]1F. The molecule has 0 bridgehead atoms. The second-order valence-corrected chi connectivity index (χ2v) is 6.58. The fraction of sp³-hybridized carbons (Fsp3) is 0.0870. The summed E-state index contributed by atoms with van der Waals surface area (Å²) in [6.45, 7) is 0. The summed E-state index contributed by atoms with van der Waals surface area (Å²) in [5.41, 5.74) is 3.25. The monoisotopic (exact) mass is 326 g/mol. The number of ketones is 1. The highest BCUT2D eigenvalue weighted by Gasteiger charge is 2.30. The number of halogens is 1. The Bertz CT molecular complexity index is 1160. The lowest BCUT2D eigenvalue weighted by Crippen LogP contribution is -2.08. The summed E-state index contributed by atoms with van der Waals surface area (Å²) in [6, 6.07) is 23.8. The second kappa shape index (κ2) is 5.25. The van der Waals surface area contributed by atoms with E-state index >= 15 is 0 Å². The first kappa shape index (κ1) is 14.4. The van der Waals surface area contributed by atoms with E-state index in [9.17, 15) is 9.18 Å². The molecule has 0 radical (unpaired) electrons. The molecule has 2 heteroatoms. The van der Waals surface area contributed by atoms with Crippen LogP contribution in [0.1, 0.15) is 17.3 Å². The molecule has 0 fully saturated rings. The van der Waals surface area contributed by atoms with Gasteiger partial charge in [0.05, 0.1) is 0 Å². The molecular weight excluding hydrogens is 311 g/mol. The Morgan fingerprint density at radius 3 is 2.04 bits per heavy atom. The van der Waals surface area contributed by atoms with Gasteiger partial charge in [-0.3, -0.25) is 4.79 Å². The molecule has 5 rings (SSSR count). The topological polar surface area (TPSA) is 17.1 Å². The maximum atomic E-state index is 15.0. The normalized spacial score (nSPS) is 16.5. The molecule has 4 aromatic rings. The van der Waals surface area contributed by atoms with E-state index in [-0.39, 0.29) is 12.2 Å². The van der Waals surface area contributed by atoms with Gasteiger partial charge in [0.15, 0.2) is 12.0 Å². The highest BCUT2D eigenvalue weighted by atomic mass is 19.1. The lowest BCUT2D eigenvalue weighted by atomic mass is 9.88. The molecule has 1 aliphatic carbocycles. The first-order valence-electron chi connectivity index (χ1n) is 8.43. The minimum absolute atomic E-state index is 0.129. The van der Waals surface area contributed by atoms with Crippen LogP contribution < -0.4 is 0 Å². The summed E-state index contributed by atoms with van der Waals surface area (Å²) in [7, 11) is 0. The van der Waals surface area contributed by atoms with Crippen LogP contribution in [0.15, 0.2) is 72.8 Å². The summed E-state index contributed by atoms with van der Waals surface area (Å²) in [5.74, 6) is -0.370. The zero-order chi connectivity index (χ0) is 17.0. The standard InChI is InChI=1S/C23H15FO/c24-23-19-12-11-15-6-2-4-8-18(15)22(19)21-16(13-20(23)25)10-9-14-5-1-3-7-17(14)21/h1-12,23H,13H2/t23-/m1/s1. The van der Waals surface area contributed by atoms with E-state index in [1.165, 1.54) is 0 Å². The van der Waals surface area contributed by atoms with Crippen LogP contribution in [0.5, 0.6) is 0 Å². The number of fused-ring (bicyclic) bond motifs is 7. The van der Waals surface area contributed by atoms with Crippen molar-refractivity contribution in [1.29, 1.82) is 0 Å². The fourth-order valence-electron chi connectivity index (χ4n) is 3.99. The quantitative estimate of drug-likeness (QED) is 0.399. The van der Waals surface area contributed by atoms with Gasteiger partial charge < -0.3 is 0 Å². The van der Waals surface area contributed by atoms with Gasteiger partial charge in [-0.2, -0.15) is 0 Å². The lowest BCUT2D eigenvalue weighted by molar-refractivity contribution is -0.123. The molecule has 0 saturated carbocycles. The Morgan fingerprint density at radius 2 is 1.32 bits per heavy atom. The van der Waals surface area contributed by atoms with E-state index < -0.39 is 6.17 Å². The molecule has 0 spiro atoms. The van der Waals surface area contributed by atoms with Crippen molar-refractivity contribution in [3.05, 3.63) is 83.9 Å². The Balaban J connectivity index is 2.03. The number of Topliss-reactive ketones (excluding diaryl/α,β-unsaturated/α-hetero) is 1. The van der Waals surface area contributed by atoms with Crippen LogP contribution in [-0.2, 0) is 11.2 Å². The van der Waals surface area contributed by atoms with Crippen molar-refractivity contribution in [2.45, 2.75) is 12.6 Å². The summed E-state index contributed by atoms with van der Waals surface area (Å²) < 4.78 is 15.0. The smallest absolute Gasteiger partial charge is 0.184 e. The summed E-state index contributed by atoms with van der Waals surface area (Å²) in [6.07, 6.45) is -1.45. The lowest BCUT2D eigenvalue weighted by Gasteiger charge is -2.16. The third-order valence-electron chi connectivity index (χ3n) is 5.15. The number of carbonyl (C=O) groups is 1. The van der Waals surface area contributed by atoms with Gasteiger partial charge in [0, 0.05) is 12.0 Å². The number of carbonyl (C=O) groups excluding carboxylic acids is 1. The van der Waals surface area contributed by atoms with Gasteiger partial charge in [-0.25, -0.2) is 4.39 Å². The zero-order valence-corrected chi connectivity index (χ0v) is 13.5. The molecule has 0 amide bonds. The van der Waals surface area contributed by atoms with Crippen LogP contribution in [0.3, 0.4) is 0 Å². The van der Waals surface area contributed by atoms with Gasteiger partial charge in [0.25, 0.3) is 0 Å². The third kappa shape index (κ3) is 2.04. The molecule has 0 N–H and O–H groups in total. The van der Waals surface area contributed by atoms with E-state index in [1.54, 1.807) is 6.07 Å². The van der Waals surface area contributed by atoms with Crippen LogP contribution in [0.4, 0.5) is 4.39 Å². The summed E-state index contributed by atoms with van der Waals surface area (Å²) >= 11 is 0. The van der Waals surface area contributed by atoms with Crippen LogP contribution in [0, 0.1) is 0 Å². The van der Waals surface area contributed by atoms with E-state index in [4.69, 9.17) is 0 Å². The number of hydrogen-bond donors (Lipinski definition) is 0. The van der Waals surface area contributed by atoms with Gasteiger partial charge in [-0.1, -0.05) is 72.8 Å². The zero-order valence-electron chi connectivity index (χ0n) is 13.5. The molecule has 0 heterocycles. The minimum Gasteiger partial charge on any atom is -0.296 e.